The first kappa shape index (κ1) is 13.4. The minimum absolute atomic E-state index is 0.203. The molecule has 2 aromatic carbocycles. The summed E-state index contributed by atoms with van der Waals surface area (Å²) < 4.78 is 11.5. The molecule has 0 radical (unpaired) electrons. The fourth-order valence-corrected chi connectivity index (χ4v) is 2.26. The summed E-state index contributed by atoms with van der Waals surface area (Å²) in [7, 11) is 0. The largest absolute Gasteiger partial charge is 0.489 e. The second-order valence-corrected chi connectivity index (χ2v) is 5.00. The quantitative estimate of drug-likeness (QED) is 0.802. The van der Waals surface area contributed by atoms with Crippen molar-refractivity contribution in [3.05, 3.63) is 65.2 Å². The summed E-state index contributed by atoms with van der Waals surface area (Å²) in [6.45, 7) is 2.38. The molecule has 2 aromatic rings. The van der Waals surface area contributed by atoms with Gasteiger partial charge in [-0.25, -0.2) is 0 Å². The predicted molar refractivity (Wildman–Crippen MR) is 81.3 cm³/mol. The first-order valence-electron chi connectivity index (χ1n) is 6.90. The van der Waals surface area contributed by atoms with E-state index in [1.54, 1.807) is 0 Å². The lowest BCUT2D eigenvalue weighted by Gasteiger charge is -2.22. The van der Waals surface area contributed by atoms with Crippen LogP contribution in [0.4, 0.5) is 0 Å². The molecule has 0 N–H and O–H groups in total. The van der Waals surface area contributed by atoms with Gasteiger partial charge >= 0.3 is 0 Å². The van der Waals surface area contributed by atoms with Gasteiger partial charge in [0.25, 0.3) is 0 Å². The second-order valence-electron chi connectivity index (χ2n) is 5.00. The highest BCUT2D eigenvalue weighted by Crippen LogP contribution is 2.32. The second kappa shape index (κ2) is 5.83. The van der Waals surface area contributed by atoms with Crippen LogP contribution in [0.15, 0.2) is 54.1 Å². The van der Waals surface area contributed by atoms with Crippen LogP contribution in [0.3, 0.4) is 0 Å². The minimum Gasteiger partial charge on any atom is -0.489 e. The predicted octanol–water partition coefficient (Wildman–Crippen LogP) is 3.63. The Balaban J connectivity index is 1.78. The lowest BCUT2D eigenvalue weighted by molar-refractivity contribution is -0.105. The number of ether oxygens (including phenoxy) is 2. The van der Waals surface area contributed by atoms with E-state index >= 15 is 0 Å². The highest BCUT2D eigenvalue weighted by Gasteiger charge is 2.18. The van der Waals surface area contributed by atoms with Gasteiger partial charge in [-0.05, 0) is 36.8 Å². The van der Waals surface area contributed by atoms with E-state index in [0.29, 0.717) is 12.2 Å². The van der Waals surface area contributed by atoms with Gasteiger partial charge in [-0.1, -0.05) is 30.3 Å². The first-order valence-corrected chi connectivity index (χ1v) is 6.90. The van der Waals surface area contributed by atoms with Crippen molar-refractivity contribution in [2.24, 2.45) is 0 Å². The van der Waals surface area contributed by atoms with Gasteiger partial charge in [-0.2, -0.15) is 0 Å². The zero-order valence-electron chi connectivity index (χ0n) is 11.8. The molecule has 106 valence electrons. The number of carbonyl (C=O) groups excluding carboxylic acids is 1. The van der Waals surface area contributed by atoms with E-state index in [1.165, 1.54) is 0 Å². The molecular weight excluding hydrogens is 264 g/mol. The Morgan fingerprint density at radius 1 is 1.19 bits per heavy atom. The van der Waals surface area contributed by atoms with Crippen LogP contribution in [0.1, 0.15) is 18.1 Å². The van der Waals surface area contributed by atoms with E-state index < -0.39 is 0 Å². The summed E-state index contributed by atoms with van der Waals surface area (Å²) in [5, 5.41) is 0. The molecule has 1 aliphatic heterocycles. The van der Waals surface area contributed by atoms with Crippen LogP contribution in [0, 0.1) is 0 Å². The number of hydrogen-bond acceptors (Lipinski definition) is 3. The van der Waals surface area contributed by atoms with Crippen molar-refractivity contribution >= 4 is 12.4 Å². The van der Waals surface area contributed by atoms with Gasteiger partial charge in [0.1, 0.15) is 30.5 Å². The van der Waals surface area contributed by atoms with Gasteiger partial charge in [-0.3, -0.25) is 4.79 Å². The lowest BCUT2D eigenvalue weighted by Crippen LogP contribution is -2.19. The van der Waals surface area contributed by atoms with Crippen molar-refractivity contribution in [2.75, 3.05) is 0 Å². The highest BCUT2D eigenvalue weighted by atomic mass is 16.5. The van der Waals surface area contributed by atoms with Gasteiger partial charge in [0.15, 0.2) is 0 Å². The number of aldehydes is 1. The fourth-order valence-electron chi connectivity index (χ4n) is 2.26. The minimum atomic E-state index is -0.203. The molecule has 0 saturated carbocycles. The maximum Gasteiger partial charge on any atom is 0.149 e. The Bertz CT molecular complexity index is 674. The molecule has 0 amide bonds. The van der Waals surface area contributed by atoms with Crippen molar-refractivity contribution < 1.29 is 14.3 Å². The fraction of sp³-hybridized carbons (Fsp3) is 0.167. The molecule has 0 bridgehead atoms. The zero-order valence-corrected chi connectivity index (χ0v) is 11.8. The maximum absolute atomic E-state index is 11.0. The SMILES string of the molecule is CC1Oc2ccc(OCc3ccccc3)cc2C=C1C=O. The number of rotatable bonds is 4. The van der Waals surface area contributed by atoms with Crippen molar-refractivity contribution in [3.63, 3.8) is 0 Å². The van der Waals surface area contributed by atoms with Crippen LogP contribution in [-0.2, 0) is 11.4 Å². The Morgan fingerprint density at radius 2 is 2.00 bits per heavy atom. The molecule has 1 atom stereocenters. The van der Waals surface area contributed by atoms with Crippen molar-refractivity contribution in [2.45, 2.75) is 19.6 Å². The smallest absolute Gasteiger partial charge is 0.149 e. The van der Waals surface area contributed by atoms with Crippen molar-refractivity contribution in [1.82, 2.24) is 0 Å². The molecule has 0 saturated heterocycles. The molecule has 0 aliphatic carbocycles. The van der Waals surface area contributed by atoms with E-state index in [0.717, 1.165) is 28.9 Å². The third kappa shape index (κ3) is 2.97. The van der Waals surface area contributed by atoms with Crippen LogP contribution >= 0.6 is 0 Å². The van der Waals surface area contributed by atoms with Crippen molar-refractivity contribution in [1.29, 1.82) is 0 Å². The number of benzene rings is 2. The van der Waals surface area contributed by atoms with E-state index in [4.69, 9.17) is 9.47 Å². The summed E-state index contributed by atoms with van der Waals surface area (Å²) in [5.74, 6) is 1.54. The van der Waals surface area contributed by atoms with Gasteiger partial charge < -0.3 is 9.47 Å². The molecule has 3 heteroatoms. The summed E-state index contributed by atoms with van der Waals surface area (Å²) in [6.07, 6.45) is 2.49. The molecule has 0 spiro atoms. The molecule has 1 heterocycles. The molecule has 21 heavy (non-hydrogen) atoms. The maximum atomic E-state index is 11.0. The van der Waals surface area contributed by atoms with Crippen molar-refractivity contribution in [3.8, 4) is 11.5 Å². The Hall–Kier alpha value is -2.55. The van der Waals surface area contributed by atoms with E-state index in [9.17, 15) is 4.79 Å². The third-order valence-electron chi connectivity index (χ3n) is 3.46. The monoisotopic (exact) mass is 280 g/mol. The van der Waals surface area contributed by atoms with Gasteiger partial charge in [-0.15, -0.1) is 0 Å². The highest BCUT2D eigenvalue weighted by molar-refractivity contribution is 5.85. The Kier molecular flexibility index (Phi) is 3.73. The third-order valence-corrected chi connectivity index (χ3v) is 3.46. The zero-order chi connectivity index (χ0) is 14.7. The summed E-state index contributed by atoms with van der Waals surface area (Å²) >= 11 is 0. The topological polar surface area (TPSA) is 35.5 Å². The van der Waals surface area contributed by atoms with Gasteiger partial charge in [0.05, 0.1) is 0 Å². The normalized spacial score (nSPS) is 16.4. The Morgan fingerprint density at radius 3 is 2.76 bits per heavy atom. The average Bonchev–Trinajstić information content (AvgIpc) is 2.53. The molecule has 0 aromatic heterocycles. The molecule has 3 rings (SSSR count). The van der Waals surface area contributed by atoms with E-state index in [1.807, 2.05) is 61.5 Å². The van der Waals surface area contributed by atoms with E-state index in [2.05, 4.69) is 0 Å². The molecule has 1 aliphatic rings. The van der Waals surface area contributed by atoms with E-state index in [-0.39, 0.29) is 6.10 Å². The Labute approximate surface area is 123 Å². The summed E-state index contributed by atoms with van der Waals surface area (Å²) in [6, 6.07) is 15.7. The standard InChI is InChI=1S/C18H16O3/c1-13-16(11-19)9-15-10-17(7-8-18(15)21-13)20-12-14-5-3-2-4-6-14/h2-11,13H,12H2,1H3. The average molecular weight is 280 g/mol. The number of carbonyl (C=O) groups is 1. The van der Waals surface area contributed by atoms with Gasteiger partial charge in [0.2, 0.25) is 0 Å². The number of hydrogen-bond donors (Lipinski definition) is 0. The summed E-state index contributed by atoms with van der Waals surface area (Å²) in [5.41, 5.74) is 2.63. The van der Waals surface area contributed by atoms with Crippen LogP contribution in [0.5, 0.6) is 11.5 Å². The molecular formula is C18H16O3. The number of fused-ring (bicyclic) bond motifs is 1. The van der Waals surface area contributed by atoms with Crippen LogP contribution < -0.4 is 9.47 Å². The van der Waals surface area contributed by atoms with Crippen LogP contribution in [0.25, 0.3) is 6.08 Å². The molecule has 1 unspecified atom stereocenters. The van der Waals surface area contributed by atoms with Crippen LogP contribution in [-0.4, -0.2) is 12.4 Å². The van der Waals surface area contributed by atoms with Gasteiger partial charge in [0, 0.05) is 11.1 Å². The lowest BCUT2D eigenvalue weighted by atomic mass is 10.0. The first-order chi connectivity index (χ1) is 10.3. The molecule has 3 nitrogen and oxygen atoms in total. The molecule has 0 fully saturated rings. The summed E-state index contributed by atoms with van der Waals surface area (Å²) in [4.78, 5) is 11.0. The van der Waals surface area contributed by atoms with Crippen LogP contribution in [0.2, 0.25) is 0 Å².